The Morgan fingerprint density at radius 3 is 2.42 bits per heavy atom. The van der Waals surface area contributed by atoms with E-state index < -0.39 is 10.0 Å². The molecule has 2 rings (SSSR count). The van der Waals surface area contributed by atoms with Gasteiger partial charge in [-0.2, -0.15) is 5.10 Å². The van der Waals surface area contributed by atoms with Crippen molar-refractivity contribution in [2.45, 2.75) is 40.2 Å². The van der Waals surface area contributed by atoms with Crippen molar-refractivity contribution >= 4 is 10.0 Å². The number of sulfonamides is 1. The van der Waals surface area contributed by atoms with Crippen molar-refractivity contribution in [1.29, 1.82) is 0 Å². The smallest absolute Gasteiger partial charge is 0.213 e. The monoisotopic (exact) mass is 285 g/mol. The molecule has 0 amide bonds. The molecule has 1 aliphatic heterocycles. The van der Waals surface area contributed by atoms with Crippen molar-refractivity contribution < 1.29 is 8.42 Å². The van der Waals surface area contributed by atoms with Gasteiger partial charge < -0.3 is 0 Å². The Balaban J connectivity index is 1.90. The minimum atomic E-state index is -3.01. The standard InChI is InChI=1S/C13H23N3O2S/c1-4-19(17,18)16-7-5-13(6-8-16)10-15-9-11(2)12(3)14-15/h9,13H,4-8,10H2,1-3H3. The van der Waals surface area contributed by atoms with Gasteiger partial charge in [-0.25, -0.2) is 12.7 Å². The maximum atomic E-state index is 11.8. The van der Waals surface area contributed by atoms with Crippen LogP contribution in [0.4, 0.5) is 0 Å². The fraction of sp³-hybridized carbons (Fsp3) is 0.769. The first-order valence-corrected chi connectivity index (χ1v) is 8.51. The SMILES string of the molecule is CCS(=O)(=O)N1CCC(Cn2cc(C)c(C)n2)CC1. The van der Waals surface area contributed by atoms with Gasteiger partial charge in [-0.3, -0.25) is 4.68 Å². The van der Waals surface area contributed by atoms with Crippen molar-refractivity contribution in [3.05, 3.63) is 17.5 Å². The molecule has 0 aromatic carbocycles. The summed E-state index contributed by atoms with van der Waals surface area (Å²) >= 11 is 0. The van der Waals surface area contributed by atoms with Crippen LogP contribution in [0.5, 0.6) is 0 Å². The highest BCUT2D eigenvalue weighted by atomic mass is 32.2. The fourth-order valence-corrected chi connectivity index (χ4v) is 3.66. The van der Waals surface area contributed by atoms with E-state index in [0.717, 1.165) is 25.1 Å². The molecule has 0 aliphatic carbocycles. The third kappa shape index (κ3) is 3.36. The molecule has 0 saturated carbocycles. The van der Waals surface area contributed by atoms with Crippen molar-refractivity contribution in [2.75, 3.05) is 18.8 Å². The van der Waals surface area contributed by atoms with E-state index in [4.69, 9.17) is 0 Å². The minimum absolute atomic E-state index is 0.204. The molecule has 1 fully saturated rings. The summed E-state index contributed by atoms with van der Waals surface area (Å²) in [6.45, 7) is 7.99. The van der Waals surface area contributed by atoms with Crippen LogP contribution < -0.4 is 0 Å². The van der Waals surface area contributed by atoms with E-state index in [0.29, 0.717) is 19.0 Å². The largest absolute Gasteiger partial charge is 0.272 e. The van der Waals surface area contributed by atoms with E-state index in [2.05, 4.69) is 18.2 Å². The first kappa shape index (κ1) is 14.5. The highest BCUT2D eigenvalue weighted by Crippen LogP contribution is 2.21. The molecule has 0 atom stereocenters. The van der Waals surface area contributed by atoms with Gasteiger partial charge in [0, 0.05) is 25.8 Å². The predicted molar refractivity (Wildman–Crippen MR) is 75.5 cm³/mol. The minimum Gasteiger partial charge on any atom is -0.272 e. The zero-order valence-corrected chi connectivity index (χ0v) is 12.8. The van der Waals surface area contributed by atoms with E-state index in [-0.39, 0.29) is 5.75 Å². The maximum Gasteiger partial charge on any atom is 0.213 e. The maximum absolute atomic E-state index is 11.8. The molecule has 108 valence electrons. The van der Waals surface area contributed by atoms with Crippen LogP contribution in [0.25, 0.3) is 0 Å². The van der Waals surface area contributed by atoms with E-state index in [1.54, 1.807) is 11.2 Å². The van der Waals surface area contributed by atoms with Gasteiger partial charge in [-0.1, -0.05) is 0 Å². The number of aryl methyl sites for hydroxylation is 2. The number of aromatic nitrogens is 2. The molecule has 19 heavy (non-hydrogen) atoms. The number of piperidine rings is 1. The third-order valence-corrected chi connectivity index (χ3v) is 5.85. The Morgan fingerprint density at radius 2 is 1.95 bits per heavy atom. The van der Waals surface area contributed by atoms with Crippen molar-refractivity contribution in [3.63, 3.8) is 0 Å². The Kier molecular flexibility index (Phi) is 4.30. The molecule has 0 unspecified atom stereocenters. The van der Waals surface area contributed by atoms with Crippen LogP contribution in [0.1, 0.15) is 31.0 Å². The van der Waals surface area contributed by atoms with Crippen molar-refractivity contribution in [3.8, 4) is 0 Å². The lowest BCUT2D eigenvalue weighted by Crippen LogP contribution is -2.40. The average Bonchev–Trinajstić information content (AvgIpc) is 2.69. The van der Waals surface area contributed by atoms with Gasteiger partial charge in [-0.05, 0) is 45.1 Å². The summed E-state index contributed by atoms with van der Waals surface area (Å²) in [4.78, 5) is 0. The summed E-state index contributed by atoms with van der Waals surface area (Å²) in [7, 11) is -3.01. The number of rotatable bonds is 4. The average molecular weight is 285 g/mol. The summed E-state index contributed by atoms with van der Waals surface area (Å²) in [5.74, 6) is 0.733. The molecule has 0 spiro atoms. The second kappa shape index (κ2) is 5.63. The lowest BCUT2D eigenvalue weighted by Gasteiger charge is -2.30. The second-order valence-corrected chi connectivity index (χ2v) is 7.62. The van der Waals surface area contributed by atoms with Crippen LogP contribution in [0.3, 0.4) is 0 Å². The van der Waals surface area contributed by atoms with E-state index in [9.17, 15) is 8.42 Å². The number of hydrogen-bond donors (Lipinski definition) is 0. The zero-order chi connectivity index (χ0) is 14.0. The normalized spacial score (nSPS) is 18.9. The Labute approximate surface area is 115 Å². The highest BCUT2D eigenvalue weighted by Gasteiger charge is 2.26. The first-order valence-electron chi connectivity index (χ1n) is 6.91. The molecule has 2 heterocycles. The lowest BCUT2D eigenvalue weighted by atomic mass is 9.98. The molecular weight excluding hydrogens is 262 g/mol. The molecule has 0 radical (unpaired) electrons. The molecule has 6 heteroatoms. The lowest BCUT2D eigenvalue weighted by molar-refractivity contribution is 0.247. The first-order chi connectivity index (χ1) is 8.92. The molecular formula is C13H23N3O2S. The van der Waals surface area contributed by atoms with Crippen LogP contribution in [-0.4, -0.2) is 41.3 Å². The molecule has 1 aromatic heterocycles. The summed E-state index contributed by atoms with van der Waals surface area (Å²) < 4.78 is 27.2. The van der Waals surface area contributed by atoms with Crippen LogP contribution in [0.2, 0.25) is 0 Å². The van der Waals surface area contributed by atoms with Gasteiger partial charge in [-0.15, -0.1) is 0 Å². The van der Waals surface area contributed by atoms with Gasteiger partial charge in [0.15, 0.2) is 0 Å². The van der Waals surface area contributed by atoms with Crippen LogP contribution >= 0.6 is 0 Å². The Hall–Kier alpha value is -0.880. The van der Waals surface area contributed by atoms with E-state index >= 15 is 0 Å². The highest BCUT2D eigenvalue weighted by molar-refractivity contribution is 7.89. The molecule has 0 N–H and O–H groups in total. The number of nitrogens with zero attached hydrogens (tertiary/aromatic N) is 3. The van der Waals surface area contributed by atoms with E-state index in [1.807, 2.05) is 11.6 Å². The molecule has 0 bridgehead atoms. The second-order valence-electron chi connectivity index (χ2n) is 5.36. The molecule has 1 saturated heterocycles. The van der Waals surface area contributed by atoms with Crippen LogP contribution in [0.15, 0.2) is 6.20 Å². The molecule has 1 aromatic rings. The van der Waals surface area contributed by atoms with E-state index in [1.165, 1.54) is 5.56 Å². The van der Waals surface area contributed by atoms with Crippen molar-refractivity contribution in [1.82, 2.24) is 14.1 Å². The summed E-state index contributed by atoms with van der Waals surface area (Å²) in [6.07, 6.45) is 3.93. The van der Waals surface area contributed by atoms with Gasteiger partial charge in [0.1, 0.15) is 0 Å². The fourth-order valence-electron chi connectivity index (χ4n) is 2.53. The van der Waals surface area contributed by atoms with Gasteiger partial charge in [0.25, 0.3) is 0 Å². The van der Waals surface area contributed by atoms with Crippen LogP contribution in [-0.2, 0) is 16.6 Å². The quantitative estimate of drug-likeness (QED) is 0.843. The third-order valence-electron chi connectivity index (χ3n) is 3.97. The van der Waals surface area contributed by atoms with Gasteiger partial charge >= 0.3 is 0 Å². The van der Waals surface area contributed by atoms with Crippen LogP contribution in [0, 0.1) is 19.8 Å². The van der Waals surface area contributed by atoms with Crippen molar-refractivity contribution in [2.24, 2.45) is 5.92 Å². The summed E-state index contributed by atoms with van der Waals surface area (Å²) in [5, 5.41) is 4.47. The topological polar surface area (TPSA) is 55.2 Å². The van der Waals surface area contributed by atoms with Gasteiger partial charge in [0.05, 0.1) is 11.4 Å². The van der Waals surface area contributed by atoms with Gasteiger partial charge in [0.2, 0.25) is 10.0 Å². The number of hydrogen-bond acceptors (Lipinski definition) is 3. The Bertz CT molecular complexity index is 509. The predicted octanol–water partition coefficient (Wildman–Crippen LogP) is 1.56. The zero-order valence-electron chi connectivity index (χ0n) is 12.0. The summed E-state index contributed by atoms with van der Waals surface area (Å²) in [5.41, 5.74) is 2.29. The molecule has 5 nitrogen and oxygen atoms in total. The molecule has 1 aliphatic rings. The summed E-state index contributed by atoms with van der Waals surface area (Å²) in [6, 6.07) is 0. The Morgan fingerprint density at radius 1 is 1.32 bits per heavy atom.